The maximum atomic E-state index is 11.8. The number of carbonyl (C=O) groups excluding carboxylic acids is 1. The van der Waals surface area contributed by atoms with Crippen LogP contribution < -0.4 is 4.74 Å². The van der Waals surface area contributed by atoms with Gasteiger partial charge in [-0.15, -0.1) is 0 Å². The molecule has 0 spiro atoms. The zero-order valence-corrected chi connectivity index (χ0v) is 15.1. The molecular formula is C21H20O5. The minimum Gasteiger partial charge on any atom is -0.507 e. The van der Waals surface area contributed by atoms with Crippen molar-refractivity contribution in [1.82, 2.24) is 0 Å². The molecule has 0 atom stereocenters. The van der Waals surface area contributed by atoms with Gasteiger partial charge in [-0.2, -0.15) is 0 Å². The van der Waals surface area contributed by atoms with Crippen molar-refractivity contribution in [3.63, 3.8) is 0 Å². The van der Waals surface area contributed by atoms with E-state index in [4.69, 9.17) is 9.47 Å². The molecule has 134 valence electrons. The van der Waals surface area contributed by atoms with Gasteiger partial charge in [0.05, 0.1) is 19.8 Å². The quantitative estimate of drug-likeness (QED) is 0.686. The third kappa shape index (κ3) is 2.71. The SMILES string of the molecule is COC(=O)c1ccc2c(-c3c(O)cc(C)c(OC)c3C)c(O)ccc2c1. The van der Waals surface area contributed by atoms with Crippen LogP contribution in [0.5, 0.6) is 17.2 Å². The first-order valence-electron chi connectivity index (χ1n) is 8.10. The summed E-state index contributed by atoms with van der Waals surface area (Å²) in [5.74, 6) is 0.311. The van der Waals surface area contributed by atoms with Crippen molar-refractivity contribution in [3.05, 3.63) is 53.1 Å². The van der Waals surface area contributed by atoms with Crippen LogP contribution in [0, 0.1) is 13.8 Å². The lowest BCUT2D eigenvalue weighted by molar-refractivity contribution is 0.0601. The van der Waals surface area contributed by atoms with E-state index in [0.717, 1.165) is 16.5 Å². The van der Waals surface area contributed by atoms with Crippen molar-refractivity contribution >= 4 is 16.7 Å². The number of ether oxygens (including phenoxy) is 2. The molecule has 0 saturated carbocycles. The number of aromatic hydroxyl groups is 2. The summed E-state index contributed by atoms with van der Waals surface area (Å²) in [6.45, 7) is 3.68. The number of rotatable bonds is 3. The molecular weight excluding hydrogens is 332 g/mol. The van der Waals surface area contributed by atoms with Gasteiger partial charge >= 0.3 is 5.97 Å². The number of fused-ring (bicyclic) bond motifs is 1. The zero-order valence-electron chi connectivity index (χ0n) is 15.1. The van der Waals surface area contributed by atoms with Gasteiger partial charge in [0.25, 0.3) is 0 Å². The highest BCUT2D eigenvalue weighted by atomic mass is 16.5. The highest BCUT2D eigenvalue weighted by Crippen LogP contribution is 2.46. The van der Waals surface area contributed by atoms with E-state index in [9.17, 15) is 15.0 Å². The minimum atomic E-state index is -0.433. The molecule has 26 heavy (non-hydrogen) atoms. The molecule has 5 nitrogen and oxygen atoms in total. The van der Waals surface area contributed by atoms with Crippen molar-refractivity contribution in [3.8, 4) is 28.4 Å². The third-order valence-corrected chi connectivity index (χ3v) is 4.56. The van der Waals surface area contributed by atoms with Crippen LogP contribution >= 0.6 is 0 Å². The molecule has 3 aromatic carbocycles. The molecule has 0 aliphatic rings. The Morgan fingerprint density at radius 1 is 0.923 bits per heavy atom. The largest absolute Gasteiger partial charge is 0.507 e. The number of phenolic OH excluding ortho intramolecular Hbond substituents is 2. The molecule has 0 fully saturated rings. The van der Waals surface area contributed by atoms with Crippen LogP contribution in [0.25, 0.3) is 21.9 Å². The van der Waals surface area contributed by atoms with Crippen molar-refractivity contribution in [2.24, 2.45) is 0 Å². The van der Waals surface area contributed by atoms with E-state index in [1.54, 1.807) is 43.5 Å². The Bertz CT molecular complexity index is 1020. The van der Waals surface area contributed by atoms with Gasteiger partial charge in [-0.05, 0) is 54.4 Å². The molecule has 2 N–H and O–H groups in total. The molecule has 3 aromatic rings. The molecule has 0 amide bonds. The van der Waals surface area contributed by atoms with Crippen molar-refractivity contribution in [2.45, 2.75) is 13.8 Å². The topological polar surface area (TPSA) is 76.0 Å². The average molecular weight is 352 g/mol. The summed E-state index contributed by atoms with van der Waals surface area (Å²) in [5.41, 5.74) is 2.94. The maximum Gasteiger partial charge on any atom is 0.337 e. The van der Waals surface area contributed by atoms with Crippen LogP contribution in [0.3, 0.4) is 0 Å². The highest BCUT2D eigenvalue weighted by Gasteiger charge is 2.20. The van der Waals surface area contributed by atoms with Gasteiger partial charge < -0.3 is 19.7 Å². The van der Waals surface area contributed by atoms with Gasteiger partial charge in [-0.25, -0.2) is 4.79 Å². The van der Waals surface area contributed by atoms with Crippen LogP contribution in [0.2, 0.25) is 0 Å². The van der Waals surface area contributed by atoms with Crippen LogP contribution in [-0.4, -0.2) is 30.4 Å². The second-order valence-corrected chi connectivity index (χ2v) is 6.13. The van der Waals surface area contributed by atoms with Crippen LogP contribution in [-0.2, 0) is 4.74 Å². The van der Waals surface area contributed by atoms with E-state index < -0.39 is 5.97 Å². The molecule has 5 heteroatoms. The molecule has 3 rings (SSSR count). The van der Waals surface area contributed by atoms with E-state index in [1.165, 1.54) is 7.11 Å². The molecule has 0 aliphatic carbocycles. The van der Waals surface area contributed by atoms with E-state index in [1.807, 2.05) is 13.8 Å². The first-order valence-corrected chi connectivity index (χ1v) is 8.10. The standard InChI is InChI=1S/C21H20O5/c1-11-9-17(23)18(12(2)20(11)25-3)19-15-7-5-14(21(24)26-4)10-13(15)6-8-16(19)22/h5-10,22-23H,1-4H3. The molecule has 0 radical (unpaired) electrons. The molecule has 0 aromatic heterocycles. The summed E-state index contributed by atoms with van der Waals surface area (Å²) in [6.07, 6.45) is 0. The summed E-state index contributed by atoms with van der Waals surface area (Å²) >= 11 is 0. The molecule has 0 aliphatic heterocycles. The summed E-state index contributed by atoms with van der Waals surface area (Å²) < 4.78 is 10.2. The number of phenols is 2. The Morgan fingerprint density at radius 2 is 1.65 bits per heavy atom. The van der Waals surface area contributed by atoms with Crippen LogP contribution in [0.15, 0.2) is 36.4 Å². The van der Waals surface area contributed by atoms with Gasteiger partial charge in [0.2, 0.25) is 0 Å². The van der Waals surface area contributed by atoms with Crippen molar-refractivity contribution in [1.29, 1.82) is 0 Å². The number of aryl methyl sites for hydroxylation is 1. The predicted octanol–water partition coefficient (Wildman–Crippen LogP) is 4.33. The summed E-state index contributed by atoms with van der Waals surface area (Å²) in [6, 6.07) is 9.95. The van der Waals surface area contributed by atoms with Crippen molar-refractivity contribution in [2.75, 3.05) is 14.2 Å². The first-order chi connectivity index (χ1) is 12.4. The summed E-state index contributed by atoms with van der Waals surface area (Å²) in [5, 5.41) is 22.6. The molecule has 0 heterocycles. The minimum absolute atomic E-state index is 0.0348. The highest BCUT2D eigenvalue weighted by molar-refractivity contribution is 6.04. The van der Waals surface area contributed by atoms with Crippen LogP contribution in [0.1, 0.15) is 21.5 Å². The van der Waals surface area contributed by atoms with Gasteiger partial charge in [0, 0.05) is 16.7 Å². The Hall–Kier alpha value is -3.21. The van der Waals surface area contributed by atoms with Crippen molar-refractivity contribution < 1.29 is 24.5 Å². The van der Waals surface area contributed by atoms with E-state index in [2.05, 4.69) is 0 Å². The smallest absolute Gasteiger partial charge is 0.337 e. The van der Waals surface area contributed by atoms with Gasteiger partial charge in [-0.1, -0.05) is 12.1 Å². The fourth-order valence-electron chi connectivity index (χ4n) is 3.40. The Labute approximate surface area is 151 Å². The number of carbonyl (C=O) groups is 1. The number of hydrogen-bond acceptors (Lipinski definition) is 5. The number of esters is 1. The Kier molecular flexibility index (Phi) is 4.47. The fourth-order valence-corrected chi connectivity index (χ4v) is 3.40. The molecule has 0 bridgehead atoms. The monoisotopic (exact) mass is 352 g/mol. The average Bonchev–Trinajstić information content (AvgIpc) is 2.62. The lowest BCUT2D eigenvalue weighted by atomic mass is 9.91. The number of methoxy groups -OCH3 is 2. The van der Waals surface area contributed by atoms with Gasteiger partial charge in [0.1, 0.15) is 17.2 Å². The van der Waals surface area contributed by atoms with E-state index in [-0.39, 0.29) is 11.5 Å². The molecule has 0 saturated heterocycles. The fraction of sp³-hybridized carbons (Fsp3) is 0.190. The predicted molar refractivity (Wildman–Crippen MR) is 100 cm³/mol. The van der Waals surface area contributed by atoms with E-state index in [0.29, 0.717) is 27.8 Å². The lowest BCUT2D eigenvalue weighted by Crippen LogP contribution is -2.01. The number of benzene rings is 3. The maximum absolute atomic E-state index is 11.8. The zero-order chi connectivity index (χ0) is 19.0. The second kappa shape index (κ2) is 6.59. The normalized spacial score (nSPS) is 10.8. The van der Waals surface area contributed by atoms with Gasteiger partial charge in [0.15, 0.2) is 0 Å². The lowest BCUT2D eigenvalue weighted by Gasteiger charge is -2.18. The second-order valence-electron chi connectivity index (χ2n) is 6.13. The third-order valence-electron chi connectivity index (χ3n) is 4.56. The van der Waals surface area contributed by atoms with E-state index >= 15 is 0 Å². The van der Waals surface area contributed by atoms with Gasteiger partial charge in [-0.3, -0.25) is 0 Å². The first kappa shape index (κ1) is 17.6. The Balaban J connectivity index is 2.36. The Morgan fingerprint density at radius 3 is 2.31 bits per heavy atom. The summed E-state index contributed by atoms with van der Waals surface area (Å²) in [7, 11) is 2.90. The number of hydrogen-bond donors (Lipinski definition) is 2. The summed E-state index contributed by atoms with van der Waals surface area (Å²) in [4.78, 5) is 11.8. The molecule has 0 unspecified atom stereocenters. The van der Waals surface area contributed by atoms with Crippen LogP contribution in [0.4, 0.5) is 0 Å².